The van der Waals surface area contributed by atoms with Crippen molar-refractivity contribution in [3.05, 3.63) is 34.2 Å². The monoisotopic (exact) mass is 224 g/mol. The number of aromatic amines is 1. The van der Waals surface area contributed by atoms with E-state index in [0.717, 1.165) is 0 Å². The number of carbonyl (C=O) groups is 1. The van der Waals surface area contributed by atoms with Crippen LogP contribution in [0.1, 0.15) is 5.56 Å². The number of amides is 1. The van der Waals surface area contributed by atoms with Gasteiger partial charge in [0, 0.05) is 18.5 Å². The molecular weight excluding hydrogens is 212 g/mol. The quantitative estimate of drug-likeness (QED) is 0.354. The molecule has 1 rings (SSSR count). The van der Waals surface area contributed by atoms with E-state index < -0.39 is 18.6 Å². The van der Waals surface area contributed by atoms with Gasteiger partial charge >= 0.3 is 0 Å². The van der Waals surface area contributed by atoms with E-state index in [2.05, 4.69) is 15.5 Å². The number of hydrazone groups is 1. The third-order valence-corrected chi connectivity index (χ3v) is 1.77. The van der Waals surface area contributed by atoms with Gasteiger partial charge in [-0.25, -0.2) is 5.43 Å². The third kappa shape index (κ3) is 3.30. The number of nitrogens with one attached hydrogen (secondary N) is 2. The lowest BCUT2D eigenvalue weighted by molar-refractivity contribution is -0.123. The first-order valence-electron chi connectivity index (χ1n) is 4.51. The molecule has 1 heterocycles. The van der Waals surface area contributed by atoms with E-state index in [0.29, 0.717) is 5.56 Å². The predicted molar refractivity (Wildman–Crippen MR) is 57.9 cm³/mol. The first kappa shape index (κ1) is 12.1. The van der Waals surface area contributed by atoms with Gasteiger partial charge in [0.2, 0.25) is 0 Å². The second-order valence-electron chi connectivity index (χ2n) is 2.99. The predicted octanol–water partition coefficient (Wildman–Crippen LogP) is -1.86. The van der Waals surface area contributed by atoms with Crippen LogP contribution in [0.4, 0.5) is 0 Å². The van der Waals surface area contributed by atoms with Gasteiger partial charge in [0.15, 0.2) is 5.43 Å². The molecule has 0 aliphatic carbocycles. The zero-order valence-electron chi connectivity index (χ0n) is 8.38. The van der Waals surface area contributed by atoms with Gasteiger partial charge in [-0.1, -0.05) is 0 Å². The normalized spacial score (nSPS) is 12.6. The summed E-state index contributed by atoms with van der Waals surface area (Å²) in [7, 11) is 0. The Balaban J connectivity index is 2.59. The minimum Gasteiger partial charge on any atom is -0.394 e. The highest BCUT2D eigenvalue weighted by Crippen LogP contribution is 1.82. The maximum atomic E-state index is 11.2. The molecule has 0 aliphatic rings. The van der Waals surface area contributed by atoms with Crippen molar-refractivity contribution in [1.29, 1.82) is 0 Å². The van der Waals surface area contributed by atoms with Crippen LogP contribution in [0.2, 0.25) is 0 Å². The lowest BCUT2D eigenvalue weighted by Gasteiger charge is -2.04. The molecule has 0 spiro atoms. The highest BCUT2D eigenvalue weighted by molar-refractivity contribution is 5.84. The zero-order valence-corrected chi connectivity index (χ0v) is 8.38. The van der Waals surface area contributed by atoms with E-state index in [1.165, 1.54) is 24.7 Å². The van der Waals surface area contributed by atoms with Crippen molar-refractivity contribution in [2.75, 3.05) is 6.61 Å². The van der Waals surface area contributed by atoms with Crippen LogP contribution < -0.4 is 16.6 Å². The zero-order chi connectivity index (χ0) is 12.0. The summed E-state index contributed by atoms with van der Waals surface area (Å²) in [5.41, 5.74) is 7.41. The summed E-state index contributed by atoms with van der Waals surface area (Å²) in [5, 5.41) is 12.1. The summed E-state index contributed by atoms with van der Waals surface area (Å²) < 4.78 is 0. The van der Waals surface area contributed by atoms with E-state index in [-0.39, 0.29) is 5.43 Å². The summed E-state index contributed by atoms with van der Waals surface area (Å²) in [5.74, 6) is -0.619. The van der Waals surface area contributed by atoms with Gasteiger partial charge in [0.1, 0.15) is 6.04 Å². The van der Waals surface area contributed by atoms with Crippen molar-refractivity contribution in [1.82, 2.24) is 10.4 Å². The Hall–Kier alpha value is -1.99. The number of nitrogens with two attached hydrogens (primary N) is 1. The van der Waals surface area contributed by atoms with Crippen LogP contribution in [0.3, 0.4) is 0 Å². The van der Waals surface area contributed by atoms with Crippen molar-refractivity contribution in [2.45, 2.75) is 6.04 Å². The Morgan fingerprint density at radius 2 is 2.50 bits per heavy atom. The van der Waals surface area contributed by atoms with Crippen molar-refractivity contribution >= 4 is 12.1 Å². The molecule has 1 aromatic heterocycles. The summed E-state index contributed by atoms with van der Waals surface area (Å²) in [6.07, 6.45) is 4.13. The number of aromatic nitrogens is 1. The van der Waals surface area contributed by atoms with Gasteiger partial charge in [0.05, 0.1) is 18.4 Å². The molecule has 0 aliphatic heterocycles. The Bertz CT molecular complexity index is 440. The average molecular weight is 224 g/mol. The summed E-state index contributed by atoms with van der Waals surface area (Å²) in [6, 6.07) is 0.314. The molecule has 0 saturated carbocycles. The Labute approximate surface area is 91.0 Å². The second-order valence-corrected chi connectivity index (χ2v) is 2.99. The molecule has 1 unspecified atom stereocenters. The smallest absolute Gasteiger partial charge is 0.259 e. The molecule has 1 atom stereocenters. The van der Waals surface area contributed by atoms with Gasteiger partial charge in [-0.05, 0) is 0 Å². The fraction of sp³-hybridized carbons (Fsp3) is 0.222. The molecule has 0 fully saturated rings. The Morgan fingerprint density at radius 1 is 1.75 bits per heavy atom. The van der Waals surface area contributed by atoms with Crippen LogP contribution in [0.5, 0.6) is 0 Å². The number of hydrogen-bond acceptors (Lipinski definition) is 5. The molecule has 1 amide bonds. The van der Waals surface area contributed by atoms with Crippen molar-refractivity contribution < 1.29 is 9.90 Å². The number of rotatable bonds is 4. The van der Waals surface area contributed by atoms with Gasteiger partial charge < -0.3 is 15.8 Å². The number of pyridine rings is 1. The molecule has 5 N–H and O–H groups in total. The van der Waals surface area contributed by atoms with Crippen molar-refractivity contribution in [3.63, 3.8) is 0 Å². The molecule has 16 heavy (non-hydrogen) atoms. The molecule has 0 saturated heterocycles. The average Bonchev–Trinajstić information content (AvgIpc) is 2.30. The Morgan fingerprint density at radius 3 is 3.12 bits per heavy atom. The van der Waals surface area contributed by atoms with E-state index in [4.69, 9.17) is 10.8 Å². The standard InChI is InChI=1S/C9H12N4O3/c10-7(5-14)9(16)13-12-4-6-3-11-2-1-8(6)15/h1-4,7,14H,5,10H2,(H,11,15)(H,13,16)/b12-4+. The molecule has 0 aromatic carbocycles. The van der Waals surface area contributed by atoms with Crippen LogP contribution in [0.25, 0.3) is 0 Å². The van der Waals surface area contributed by atoms with E-state index >= 15 is 0 Å². The van der Waals surface area contributed by atoms with Gasteiger partial charge in [-0.3, -0.25) is 9.59 Å². The number of carbonyl (C=O) groups excluding carboxylic acids is 1. The van der Waals surface area contributed by atoms with Crippen molar-refractivity contribution in [2.24, 2.45) is 10.8 Å². The number of H-pyrrole nitrogens is 1. The van der Waals surface area contributed by atoms with E-state index in [1.807, 2.05) is 0 Å². The minimum atomic E-state index is -1.02. The fourth-order valence-corrected chi connectivity index (χ4v) is 0.861. The lowest BCUT2D eigenvalue weighted by atomic mass is 10.3. The van der Waals surface area contributed by atoms with Crippen LogP contribution in [0.15, 0.2) is 28.4 Å². The maximum absolute atomic E-state index is 11.2. The molecular formula is C9H12N4O3. The van der Waals surface area contributed by atoms with Gasteiger partial charge in [-0.15, -0.1) is 0 Å². The fourth-order valence-electron chi connectivity index (χ4n) is 0.861. The molecule has 86 valence electrons. The largest absolute Gasteiger partial charge is 0.394 e. The SMILES string of the molecule is NC(CO)C(=O)N/N=C/c1c[nH]ccc1=O. The first-order valence-corrected chi connectivity index (χ1v) is 4.51. The topological polar surface area (TPSA) is 121 Å². The summed E-state index contributed by atoms with van der Waals surface area (Å²) >= 11 is 0. The maximum Gasteiger partial charge on any atom is 0.259 e. The molecule has 7 nitrogen and oxygen atoms in total. The molecule has 7 heteroatoms. The van der Waals surface area contributed by atoms with Crippen LogP contribution in [-0.4, -0.2) is 34.9 Å². The number of nitrogens with zero attached hydrogens (tertiary/aromatic N) is 1. The number of aliphatic hydroxyl groups excluding tert-OH is 1. The van der Waals surface area contributed by atoms with Crippen LogP contribution >= 0.6 is 0 Å². The van der Waals surface area contributed by atoms with E-state index in [9.17, 15) is 9.59 Å². The molecule has 1 aromatic rings. The van der Waals surface area contributed by atoms with Gasteiger partial charge in [-0.2, -0.15) is 5.10 Å². The summed E-state index contributed by atoms with van der Waals surface area (Å²) in [6.45, 7) is -0.465. The molecule has 0 radical (unpaired) electrons. The third-order valence-electron chi connectivity index (χ3n) is 1.77. The van der Waals surface area contributed by atoms with Crippen molar-refractivity contribution in [3.8, 4) is 0 Å². The van der Waals surface area contributed by atoms with Gasteiger partial charge in [0.25, 0.3) is 5.91 Å². The van der Waals surface area contributed by atoms with Crippen LogP contribution in [-0.2, 0) is 4.79 Å². The highest BCUT2D eigenvalue weighted by Gasteiger charge is 2.09. The second kappa shape index (κ2) is 5.79. The molecule has 0 bridgehead atoms. The number of hydrogen-bond donors (Lipinski definition) is 4. The van der Waals surface area contributed by atoms with E-state index in [1.54, 1.807) is 0 Å². The lowest BCUT2D eigenvalue weighted by Crippen LogP contribution is -2.41. The summed E-state index contributed by atoms with van der Waals surface area (Å²) in [4.78, 5) is 25.0. The minimum absolute atomic E-state index is 0.219. The number of aliphatic hydroxyl groups is 1. The van der Waals surface area contributed by atoms with Crippen LogP contribution in [0, 0.1) is 0 Å². The first-order chi connectivity index (χ1) is 7.65. The highest BCUT2D eigenvalue weighted by atomic mass is 16.3. The Kier molecular flexibility index (Phi) is 4.37.